The molecule has 2 aromatic carbocycles. The van der Waals surface area contributed by atoms with Crippen LogP contribution < -0.4 is 10.6 Å². The molecule has 0 aliphatic carbocycles. The summed E-state index contributed by atoms with van der Waals surface area (Å²) in [4.78, 5) is 31.2. The SMILES string of the molecule is CCC[C@@H](/C=C/S(=O)(=O)c1ccccc1)NC(=O)[C@H](Cc1ccc(F)cc1)NC(=O)N1CCC(N2CCOCC2)CC1. The van der Waals surface area contributed by atoms with Gasteiger partial charge in [0.1, 0.15) is 11.9 Å². The minimum Gasteiger partial charge on any atom is -0.379 e. The molecule has 0 aromatic heterocycles. The van der Waals surface area contributed by atoms with Crippen molar-refractivity contribution in [2.75, 3.05) is 39.4 Å². The van der Waals surface area contributed by atoms with Crippen LogP contribution in [0.4, 0.5) is 9.18 Å². The minimum absolute atomic E-state index is 0.160. The number of nitrogens with zero attached hydrogens (tertiary/aromatic N) is 2. The Bertz CT molecular complexity index is 1290. The normalized spacial score (nSPS) is 18.5. The predicted molar refractivity (Wildman–Crippen MR) is 159 cm³/mol. The summed E-state index contributed by atoms with van der Waals surface area (Å²) in [6.07, 6.45) is 4.56. The van der Waals surface area contributed by atoms with Crippen LogP contribution in [0.3, 0.4) is 0 Å². The molecule has 2 N–H and O–H groups in total. The Kier molecular flexibility index (Phi) is 11.5. The van der Waals surface area contributed by atoms with Gasteiger partial charge in [0.25, 0.3) is 0 Å². The number of halogens is 1. The number of hydrogen-bond acceptors (Lipinski definition) is 6. The molecule has 2 aromatic rings. The van der Waals surface area contributed by atoms with E-state index in [0.717, 1.165) is 44.6 Å². The second-order valence-corrected chi connectivity index (χ2v) is 12.6. The van der Waals surface area contributed by atoms with Crippen molar-refractivity contribution in [2.24, 2.45) is 0 Å². The topological polar surface area (TPSA) is 108 Å². The van der Waals surface area contributed by atoms with E-state index in [1.54, 1.807) is 35.2 Å². The molecule has 2 fully saturated rings. The van der Waals surface area contributed by atoms with E-state index >= 15 is 0 Å². The Morgan fingerprint density at radius 3 is 2.31 bits per heavy atom. The first-order valence-electron chi connectivity index (χ1n) is 14.7. The summed E-state index contributed by atoms with van der Waals surface area (Å²) in [5.74, 6) is -0.823. The zero-order valence-electron chi connectivity index (χ0n) is 24.1. The molecule has 0 unspecified atom stereocenters. The molecule has 11 heteroatoms. The second kappa shape index (κ2) is 15.3. The molecule has 0 bridgehead atoms. The van der Waals surface area contributed by atoms with Crippen molar-refractivity contribution in [3.63, 3.8) is 0 Å². The molecular weight excluding hydrogens is 559 g/mol. The van der Waals surface area contributed by atoms with Crippen LogP contribution in [-0.2, 0) is 25.8 Å². The van der Waals surface area contributed by atoms with Crippen LogP contribution in [0.2, 0.25) is 0 Å². The quantitative estimate of drug-likeness (QED) is 0.409. The van der Waals surface area contributed by atoms with E-state index in [1.165, 1.54) is 30.3 Å². The van der Waals surface area contributed by atoms with E-state index in [-0.39, 0.29) is 23.2 Å². The molecule has 2 atom stereocenters. The Labute approximate surface area is 248 Å². The third kappa shape index (κ3) is 9.11. The van der Waals surface area contributed by atoms with E-state index in [1.807, 2.05) is 6.92 Å². The molecular formula is C31H41FN4O5S. The zero-order valence-corrected chi connectivity index (χ0v) is 24.9. The lowest BCUT2D eigenvalue weighted by molar-refractivity contribution is -0.123. The second-order valence-electron chi connectivity index (χ2n) is 10.8. The first kappa shape index (κ1) is 31.7. The molecule has 42 heavy (non-hydrogen) atoms. The van der Waals surface area contributed by atoms with Crippen molar-refractivity contribution in [1.82, 2.24) is 20.4 Å². The maximum Gasteiger partial charge on any atom is 0.318 e. The summed E-state index contributed by atoms with van der Waals surface area (Å²) in [6, 6.07) is 12.5. The van der Waals surface area contributed by atoms with E-state index in [4.69, 9.17) is 4.74 Å². The van der Waals surface area contributed by atoms with Gasteiger partial charge < -0.3 is 20.3 Å². The van der Waals surface area contributed by atoms with Crippen LogP contribution in [0, 0.1) is 5.82 Å². The summed E-state index contributed by atoms with van der Waals surface area (Å²) < 4.78 is 44.5. The van der Waals surface area contributed by atoms with Gasteiger partial charge in [-0.25, -0.2) is 17.6 Å². The standard InChI is InChI=1S/C31H41FN4O5S/c1-2-6-26(15-22-42(39,40)28-7-4-3-5-8-28)33-30(37)29(23-24-9-11-25(32)12-10-24)34-31(38)36-16-13-27(14-17-36)35-18-20-41-21-19-35/h3-5,7-12,15,22,26-27,29H,2,6,13-14,16-21,23H2,1H3,(H,33,37)(H,34,38)/b22-15+/t26-,29-/m0/s1. The largest absolute Gasteiger partial charge is 0.379 e. The third-order valence-electron chi connectivity index (χ3n) is 7.77. The van der Waals surface area contributed by atoms with Crippen molar-refractivity contribution in [3.8, 4) is 0 Å². The highest BCUT2D eigenvalue weighted by molar-refractivity contribution is 7.94. The number of likely N-dealkylation sites (tertiary alicyclic amines) is 1. The molecule has 0 spiro atoms. The summed E-state index contributed by atoms with van der Waals surface area (Å²) in [5, 5.41) is 6.93. The smallest absolute Gasteiger partial charge is 0.318 e. The van der Waals surface area contributed by atoms with Crippen LogP contribution in [0.15, 0.2) is 71.0 Å². The molecule has 0 saturated carbocycles. The fourth-order valence-corrected chi connectivity index (χ4v) is 6.47. The van der Waals surface area contributed by atoms with Gasteiger partial charge >= 0.3 is 6.03 Å². The van der Waals surface area contributed by atoms with E-state index < -0.39 is 27.8 Å². The van der Waals surface area contributed by atoms with Crippen LogP contribution in [-0.4, -0.2) is 87.7 Å². The lowest BCUT2D eigenvalue weighted by Crippen LogP contribution is -2.56. The maximum atomic E-state index is 13.6. The zero-order chi connectivity index (χ0) is 30.0. The maximum absolute atomic E-state index is 13.6. The van der Waals surface area contributed by atoms with Crippen LogP contribution in [0.5, 0.6) is 0 Å². The number of hydrogen-bond donors (Lipinski definition) is 2. The number of piperidine rings is 1. The Balaban J connectivity index is 1.43. The predicted octanol–water partition coefficient (Wildman–Crippen LogP) is 3.52. The highest BCUT2D eigenvalue weighted by Gasteiger charge is 2.30. The molecule has 228 valence electrons. The lowest BCUT2D eigenvalue weighted by atomic mass is 10.0. The Morgan fingerprint density at radius 1 is 1.00 bits per heavy atom. The minimum atomic E-state index is -3.68. The van der Waals surface area contributed by atoms with Crippen LogP contribution in [0.25, 0.3) is 0 Å². The highest BCUT2D eigenvalue weighted by atomic mass is 32.2. The van der Waals surface area contributed by atoms with Crippen molar-refractivity contribution in [2.45, 2.75) is 62.0 Å². The lowest BCUT2D eigenvalue weighted by Gasteiger charge is -2.40. The molecule has 0 radical (unpaired) electrons. The van der Waals surface area contributed by atoms with Crippen molar-refractivity contribution in [3.05, 3.63) is 77.5 Å². The number of amides is 3. The number of morpholine rings is 1. The van der Waals surface area contributed by atoms with Gasteiger partial charge in [0.2, 0.25) is 5.91 Å². The Hall–Kier alpha value is -3.28. The van der Waals surface area contributed by atoms with Crippen LogP contribution in [0.1, 0.15) is 38.2 Å². The summed E-state index contributed by atoms with van der Waals surface area (Å²) >= 11 is 0. The van der Waals surface area contributed by atoms with Gasteiger partial charge in [0.05, 0.1) is 18.1 Å². The molecule has 2 aliphatic heterocycles. The average Bonchev–Trinajstić information content (AvgIpc) is 3.01. The number of sulfone groups is 1. The van der Waals surface area contributed by atoms with Gasteiger partial charge in [-0.3, -0.25) is 9.69 Å². The van der Waals surface area contributed by atoms with Gasteiger partial charge in [0.15, 0.2) is 9.84 Å². The molecule has 2 heterocycles. The number of nitrogens with one attached hydrogen (secondary N) is 2. The number of rotatable bonds is 11. The van der Waals surface area contributed by atoms with Crippen molar-refractivity contribution in [1.29, 1.82) is 0 Å². The number of benzene rings is 2. The molecule has 9 nitrogen and oxygen atoms in total. The highest BCUT2D eigenvalue weighted by Crippen LogP contribution is 2.18. The van der Waals surface area contributed by atoms with Gasteiger partial charge in [0, 0.05) is 50.1 Å². The first-order valence-corrected chi connectivity index (χ1v) is 16.2. The fraction of sp³-hybridized carbons (Fsp3) is 0.484. The van der Waals surface area contributed by atoms with E-state index in [2.05, 4.69) is 15.5 Å². The first-order chi connectivity index (χ1) is 20.2. The summed E-state index contributed by atoms with van der Waals surface area (Å²) in [7, 11) is -3.68. The molecule has 2 aliphatic rings. The van der Waals surface area contributed by atoms with Crippen molar-refractivity contribution >= 4 is 21.8 Å². The summed E-state index contributed by atoms with van der Waals surface area (Å²) in [5.41, 5.74) is 0.692. The number of ether oxygens (including phenoxy) is 1. The van der Waals surface area contributed by atoms with Crippen molar-refractivity contribution < 1.29 is 27.1 Å². The Morgan fingerprint density at radius 2 is 1.67 bits per heavy atom. The number of carbonyl (C=O) groups excluding carboxylic acids is 2. The number of carbonyl (C=O) groups is 2. The fourth-order valence-electron chi connectivity index (χ4n) is 5.38. The molecule has 3 amide bonds. The summed E-state index contributed by atoms with van der Waals surface area (Å²) in [6.45, 7) is 6.36. The van der Waals surface area contributed by atoms with E-state index in [0.29, 0.717) is 37.5 Å². The van der Waals surface area contributed by atoms with E-state index in [9.17, 15) is 22.4 Å². The molecule has 2 saturated heterocycles. The number of urea groups is 1. The monoisotopic (exact) mass is 600 g/mol. The van der Waals surface area contributed by atoms with Gasteiger partial charge in [-0.1, -0.05) is 49.8 Å². The van der Waals surface area contributed by atoms with Gasteiger partial charge in [-0.2, -0.15) is 0 Å². The average molecular weight is 601 g/mol. The molecule has 4 rings (SSSR count). The van der Waals surface area contributed by atoms with Gasteiger partial charge in [-0.15, -0.1) is 0 Å². The van der Waals surface area contributed by atoms with Crippen LogP contribution >= 0.6 is 0 Å². The van der Waals surface area contributed by atoms with Gasteiger partial charge in [-0.05, 0) is 49.1 Å². The third-order valence-corrected chi connectivity index (χ3v) is 9.21.